The molecule has 0 saturated carbocycles. The number of rotatable bonds is 4. The Morgan fingerprint density at radius 1 is 1.16 bits per heavy atom. The fourth-order valence-corrected chi connectivity index (χ4v) is 2.78. The molecular weight excluding hydrogens is 389 g/mol. The predicted octanol–water partition coefficient (Wildman–Crippen LogP) is 5.72. The number of benzene rings is 2. The zero-order valence-electron chi connectivity index (χ0n) is 10.5. The molecule has 0 saturated heterocycles. The van der Waals surface area contributed by atoms with E-state index in [0.717, 1.165) is 20.5 Å². The summed E-state index contributed by atoms with van der Waals surface area (Å²) in [5.74, 6) is 0. The first-order valence-corrected chi connectivity index (χ1v) is 7.95. The summed E-state index contributed by atoms with van der Waals surface area (Å²) in [6.07, 6.45) is 0. The van der Waals surface area contributed by atoms with E-state index in [1.165, 1.54) is 11.1 Å². The van der Waals surface area contributed by atoms with Gasteiger partial charge in [-0.25, -0.2) is 0 Å². The first-order chi connectivity index (χ1) is 9.06. The molecule has 2 aromatic carbocycles. The van der Waals surface area contributed by atoms with Crippen molar-refractivity contribution in [1.82, 2.24) is 5.32 Å². The van der Waals surface area contributed by atoms with E-state index in [9.17, 15) is 0 Å². The molecule has 0 fully saturated rings. The highest BCUT2D eigenvalue weighted by molar-refractivity contribution is 9.10. The second-order valence-corrected chi connectivity index (χ2v) is 6.58. The van der Waals surface area contributed by atoms with Gasteiger partial charge in [0.1, 0.15) is 0 Å². The zero-order valence-corrected chi connectivity index (χ0v) is 14.4. The predicted molar refractivity (Wildman–Crippen MR) is 88.5 cm³/mol. The summed E-state index contributed by atoms with van der Waals surface area (Å²) in [6, 6.07) is 14.6. The van der Waals surface area contributed by atoms with Crippen LogP contribution in [0.25, 0.3) is 0 Å². The highest BCUT2D eigenvalue weighted by atomic mass is 79.9. The van der Waals surface area contributed by atoms with E-state index in [1.54, 1.807) is 0 Å². The van der Waals surface area contributed by atoms with Crippen molar-refractivity contribution in [2.75, 3.05) is 0 Å². The van der Waals surface area contributed by atoms with Crippen LogP contribution in [-0.2, 0) is 6.54 Å². The smallest absolute Gasteiger partial charge is 0.0548 e. The molecule has 0 heterocycles. The summed E-state index contributed by atoms with van der Waals surface area (Å²) in [6.45, 7) is 2.97. The Labute approximate surface area is 135 Å². The first-order valence-electron chi connectivity index (χ1n) is 5.99. The Balaban J connectivity index is 2.00. The maximum Gasteiger partial charge on any atom is 0.0548 e. The fraction of sp³-hybridized carbons (Fsp3) is 0.200. The van der Waals surface area contributed by atoms with Crippen molar-refractivity contribution in [2.24, 2.45) is 0 Å². The molecule has 0 unspecified atom stereocenters. The summed E-state index contributed by atoms with van der Waals surface area (Å²) in [7, 11) is 0. The van der Waals surface area contributed by atoms with Crippen LogP contribution in [0.4, 0.5) is 0 Å². The van der Waals surface area contributed by atoms with Gasteiger partial charge in [0.25, 0.3) is 0 Å². The topological polar surface area (TPSA) is 12.0 Å². The van der Waals surface area contributed by atoms with E-state index in [2.05, 4.69) is 62.3 Å². The average molecular weight is 404 g/mol. The van der Waals surface area contributed by atoms with Gasteiger partial charge in [0.15, 0.2) is 0 Å². The third-order valence-electron chi connectivity index (χ3n) is 2.95. The lowest BCUT2D eigenvalue weighted by Gasteiger charge is -2.15. The average Bonchev–Trinajstić information content (AvgIpc) is 2.40. The lowest BCUT2D eigenvalue weighted by molar-refractivity contribution is 0.574. The van der Waals surface area contributed by atoms with Crippen LogP contribution in [0.1, 0.15) is 24.1 Å². The van der Waals surface area contributed by atoms with Gasteiger partial charge in [-0.15, -0.1) is 0 Å². The Kier molecular flexibility index (Phi) is 5.46. The number of hydrogen-bond acceptors (Lipinski definition) is 1. The van der Waals surface area contributed by atoms with Gasteiger partial charge >= 0.3 is 0 Å². The van der Waals surface area contributed by atoms with Crippen LogP contribution in [-0.4, -0.2) is 0 Å². The van der Waals surface area contributed by atoms with Crippen LogP contribution in [0.2, 0.25) is 5.02 Å². The van der Waals surface area contributed by atoms with Crippen molar-refractivity contribution in [1.29, 1.82) is 0 Å². The number of nitrogens with one attached hydrogen (secondary N) is 1. The molecule has 0 bridgehead atoms. The molecule has 100 valence electrons. The molecule has 4 heteroatoms. The summed E-state index contributed by atoms with van der Waals surface area (Å²) in [5, 5.41) is 4.24. The molecule has 1 N–H and O–H groups in total. The van der Waals surface area contributed by atoms with Crippen LogP contribution in [0.5, 0.6) is 0 Å². The monoisotopic (exact) mass is 401 g/mol. The molecular formula is C15H14Br2ClN. The van der Waals surface area contributed by atoms with Crippen molar-refractivity contribution in [3.05, 3.63) is 67.6 Å². The van der Waals surface area contributed by atoms with Gasteiger partial charge in [-0.05, 0) is 58.2 Å². The largest absolute Gasteiger partial charge is 0.306 e. The summed E-state index contributed by atoms with van der Waals surface area (Å²) in [4.78, 5) is 0. The van der Waals surface area contributed by atoms with Gasteiger partial charge in [0, 0.05) is 21.5 Å². The SMILES string of the molecule is C[C@@H](NCc1ccc(Cl)c(Br)c1)c1cccc(Br)c1. The van der Waals surface area contributed by atoms with Crippen molar-refractivity contribution in [3.63, 3.8) is 0 Å². The van der Waals surface area contributed by atoms with Crippen LogP contribution >= 0.6 is 43.5 Å². The maximum absolute atomic E-state index is 5.98. The van der Waals surface area contributed by atoms with E-state index in [1.807, 2.05) is 24.3 Å². The molecule has 0 amide bonds. The van der Waals surface area contributed by atoms with Gasteiger partial charge < -0.3 is 5.32 Å². The van der Waals surface area contributed by atoms with E-state index in [0.29, 0.717) is 6.04 Å². The Morgan fingerprint density at radius 3 is 2.63 bits per heavy atom. The van der Waals surface area contributed by atoms with Crippen molar-refractivity contribution < 1.29 is 0 Å². The molecule has 2 aromatic rings. The van der Waals surface area contributed by atoms with E-state index < -0.39 is 0 Å². The van der Waals surface area contributed by atoms with Gasteiger partial charge in [0.2, 0.25) is 0 Å². The van der Waals surface area contributed by atoms with E-state index in [-0.39, 0.29) is 0 Å². The minimum absolute atomic E-state index is 0.298. The first kappa shape index (κ1) is 15.0. The second kappa shape index (κ2) is 6.89. The van der Waals surface area contributed by atoms with Crippen LogP contribution < -0.4 is 5.32 Å². The Morgan fingerprint density at radius 2 is 1.95 bits per heavy atom. The fourth-order valence-electron chi connectivity index (χ4n) is 1.81. The molecule has 0 radical (unpaired) electrons. The number of halogens is 3. The molecule has 1 nitrogen and oxygen atoms in total. The van der Waals surface area contributed by atoms with Crippen LogP contribution in [0, 0.1) is 0 Å². The normalized spacial score (nSPS) is 12.4. The highest BCUT2D eigenvalue weighted by Crippen LogP contribution is 2.24. The lowest BCUT2D eigenvalue weighted by Crippen LogP contribution is -2.18. The van der Waals surface area contributed by atoms with Crippen molar-refractivity contribution in [3.8, 4) is 0 Å². The molecule has 19 heavy (non-hydrogen) atoms. The van der Waals surface area contributed by atoms with Gasteiger partial charge in [-0.1, -0.05) is 45.7 Å². The molecule has 0 aromatic heterocycles. The van der Waals surface area contributed by atoms with Crippen LogP contribution in [0.3, 0.4) is 0 Å². The minimum Gasteiger partial charge on any atom is -0.306 e. The van der Waals surface area contributed by atoms with Crippen molar-refractivity contribution >= 4 is 43.5 Å². The van der Waals surface area contributed by atoms with Gasteiger partial charge in [-0.3, -0.25) is 0 Å². The minimum atomic E-state index is 0.298. The molecule has 1 atom stereocenters. The third kappa shape index (κ3) is 4.32. The number of hydrogen-bond donors (Lipinski definition) is 1. The third-order valence-corrected chi connectivity index (χ3v) is 4.65. The van der Waals surface area contributed by atoms with Gasteiger partial charge in [0.05, 0.1) is 5.02 Å². The Hall–Kier alpha value is -0.350. The Bertz CT molecular complexity index is 572. The second-order valence-electron chi connectivity index (χ2n) is 4.41. The standard InChI is InChI=1S/C15H14Br2ClN/c1-10(12-3-2-4-13(16)8-12)19-9-11-5-6-15(18)14(17)7-11/h2-8,10,19H,9H2,1H3/t10-/m1/s1. The highest BCUT2D eigenvalue weighted by Gasteiger charge is 2.06. The van der Waals surface area contributed by atoms with E-state index >= 15 is 0 Å². The molecule has 0 aliphatic carbocycles. The molecule has 0 aliphatic rings. The van der Waals surface area contributed by atoms with Crippen molar-refractivity contribution in [2.45, 2.75) is 19.5 Å². The summed E-state index contributed by atoms with van der Waals surface area (Å²) >= 11 is 12.9. The quantitative estimate of drug-likeness (QED) is 0.689. The summed E-state index contributed by atoms with van der Waals surface area (Å²) in [5.41, 5.74) is 2.47. The maximum atomic E-state index is 5.98. The zero-order chi connectivity index (χ0) is 13.8. The molecule has 0 spiro atoms. The van der Waals surface area contributed by atoms with E-state index in [4.69, 9.17) is 11.6 Å². The van der Waals surface area contributed by atoms with Gasteiger partial charge in [-0.2, -0.15) is 0 Å². The summed E-state index contributed by atoms with van der Waals surface area (Å²) < 4.78 is 2.04. The lowest BCUT2D eigenvalue weighted by atomic mass is 10.1. The molecule has 2 rings (SSSR count). The molecule has 0 aliphatic heterocycles. The van der Waals surface area contributed by atoms with Crippen LogP contribution in [0.15, 0.2) is 51.4 Å².